The number of nitrogens with zero attached hydrogens (tertiary/aromatic N) is 2. The summed E-state index contributed by atoms with van der Waals surface area (Å²) in [4.78, 5) is 4.34. The Morgan fingerprint density at radius 1 is 1.07 bits per heavy atom. The van der Waals surface area contributed by atoms with E-state index in [9.17, 15) is 8.42 Å². The number of methoxy groups -OCH3 is 1. The van der Waals surface area contributed by atoms with Crippen LogP contribution in [0.3, 0.4) is 0 Å². The van der Waals surface area contributed by atoms with Crippen molar-refractivity contribution in [1.29, 1.82) is 0 Å². The number of piperidine rings is 1. The third kappa shape index (κ3) is 3.41. The Labute approximate surface area is 160 Å². The Morgan fingerprint density at radius 3 is 2.33 bits per heavy atom. The number of aromatic nitrogens is 1. The van der Waals surface area contributed by atoms with Crippen LogP contribution in [-0.2, 0) is 10.0 Å². The monoisotopic (exact) mass is 388 g/mol. The van der Waals surface area contributed by atoms with Crippen LogP contribution in [0.15, 0.2) is 47.6 Å². The van der Waals surface area contributed by atoms with E-state index in [4.69, 9.17) is 9.47 Å². The second-order valence-corrected chi connectivity index (χ2v) is 9.09. The van der Waals surface area contributed by atoms with Crippen molar-refractivity contribution in [2.24, 2.45) is 0 Å². The first-order valence-corrected chi connectivity index (χ1v) is 10.7. The first-order valence-electron chi connectivity index (χ1n) is 9.24. The van der Waals surface area contributed by atoms with E-state index >= 15 is 0 Å². The number of ether oxygens (including phenoxy) is 2. The van der Waals surface area contributed by atoms with Crippen LogP contribution in [0, 0.1) is 6.92 Å². The van der Waals surface area contributed by atoms with Crippen molar-refractivity contribution in [3.63, 3.8) is 0 Å². The Morgan fingerprint density at radius 2 is 1.74 bits per heavy atom. The van der Waals surface area contributed by atoms with Gasteiger partial charge in [0.15, 0.2) is 0 Å². The third-order valence-electron chi connectivity index (χ3n) is 5.52. The third-order valence-corrected chi connectivity index (χ3v) is 7.52. The first-order chi connectivity index (χ1) is 13.0. The van der Waals surface area contributed by atoms with Crippen LogP contribution in [0.1, 0.15) is 31.2 Å². The molecule has 3 heterocycles. The number of sulfonamides is 1. The lowest BCUT2D eigenvalue weighted by atomic mass is 10.0. The molecule has 144 valence electrons. The Bertz CT molecular complexity index is 903. The van der Waals surface area contributed by atoms with Gasteiger partial charge in [0, 0.05) is 37.3 Å². The van der Waals surface area contributed by atoms with Gasteiger partial charge in [-0.15, -0.1) is 0 Å². The predicted octanol–water partition coefficient (Wildman–Crippen LogP) is 3.16. The summed E-state index contributed by atoms with van der Waals surface area (Å²) in [5, 5.41) is 0. The van der Waals surface area contributed by atoms with E-state index in [1.54, 1.807) is 42.0 Å². The molecule has 1 aromatic carbocycles. The molecule has 6 nitrogen and oxygen atoms in total. The fraction of sp³-hybridized carbons (Fsp3) is 0.450. The minimum Gasteiger partial charge on any atom is -0.496 e. The van der Waals surface area contributed by atoms with E-state index < -0.39 is 10.0 Å². The average Bonchev–Trinajstić information content (AvgIpc) is 2.95. The number of hydrogen-bond donors (Lipinski definition) is 0. The van der Waals surface area contributed by atoms with Gasteiger partial charge in [-0.25, -0.2) is 8.42 Å². The maximum atomic E-state index is 13.3. The van der Waals surface area contributed by atoms with Gasteiger partial charge in [0.2, 0.25) is 10.0 Å². The normalized spacial score (nSPS) is 25.3. The van der Waals surface area contributed by atoms with Gasteiger partial charge in [0.1, 0.15) is 17.6 Å². The topological polar surface area (TPSA) is 68.7 Å². The van der Waals surface area contributed by atoms with Gasteiger partial charge >= 0.3 is 0 Å². The van der Waals surface area contributed by atoms with Gasteiger partial charge in [-0.1, -0.05) is 0 Å². The summed E-state index contributed by atoms with van der Waals surface area (Å²) in [6.45, 7) is 1.86. The van der Waals surface area contributed by atoms with Crippen molar-refractivity contribution in [2.75, 3.05) is 7.11 Å². The maximum absolute atomic E-state index is 13.3. The van der Waals surface area contributed by atoms with Crippen LogP contribution in [0.4, 0.5) is 0 Å². The Hall–Kier alpha value is -2.12. The van der Waals surface area contributed by atoms with Gasteiger partial charge in [-0.05, 0) is 55.7 Å². The van der Waals surface area contributed by atoms with E-state index in [2.05, 4.69) is 4.98 Å². The molecule has 2 saturated heterocycles. The largest absolute Gasteiger partial charge is 0.496 e. The summed E-state index contributed by atoms with van der Waals surface area (Å²) in [7, 11) is -1.94. The van der Waals surface area contributed by atoms with Gasteiger partial charge in [0.25, 0.3) is 0 Å². The highest BCUT2D eigenvalue weighted by Gasteiger charge is 2.47. The molecule has 2 aliphatic rings. The van der Waals surface area contributed by atoms with E-state index in [-0.39, 0.29) is 18.2 Å². The van der Waals surface area contributed by atoms with Crippen LogP contribution < -0.4 is 9.47 Å². The van der Waals surface area contributed by atoms with Crippen molar-refractivity contribution in [2.45, 2.75) is 55.7 Å². The summed E-state index contributed by atoms with van der Waals surface area (Å²) in [5.41, 5.74) is 0.821. The number of pyridine rings is 1. The summed E-state index contributed by atoms with van der Waals surface area (Å²) in [6.07, 6.45) is 6.64. The first kappa shape index (κ1) is 18.3. The van der Waals surface area contributed by atoms with Crippen LogP contribution in [-0.4, -0.2) is 43.0 Å². The van der Waals surface area contributed by atoms with Gasteiger partial charge < -0.3 is 9.47 Å². The molecule has 2 unspecified atom stereocenters. The van der Waals surface area contributed by atoms with Crippen molar-refractivity contribution in [3.8, 4) is 11.5 Å². The number of benzene rings is 1. The minimum atomic E-state index is -3.53. The highest BCUT2D eigenvalue weighted by Crippen LogP contribution is 2.41. The second kappa shape index (κ2) is 7.13. The number of aryl methyl sites for hydroxylation is 1. The van der Waals surface area contributed by atoms with Crippen LogP contribution >= 0.6 is 0 Å². The number of fused-ring (bicyclic) bond motifs is 2. The molecule has 2 aromatic rings. The molecule has 0 saturated carbocycles. The van der Waals surface area contributed by atoms with Crippen LogP contribution in [0.5, 0.6) is 11.5 Å². The summed E-state index contributed by atoms with van der Waals surface area (Å²) < 4.78 is 39.7. The zero-order valence-corrected chi connectivity index (χ0v) is 16.4. The SMILES string of the molecule is COc1ccc(S(=O)(=O)N2C3CCC2CC(Oc2ccncc2)C3)cc1C. The summed E-state index contributed by atoms with van der Waals surface area (Å²) in [6, 6.07) is 8.72. The predicted molar refractivity (Wildman–Crippen MR) is 101 cm³/mol. The zero-order chi connectivity index (χ0) is 19.0. The van der Waals surface area contributed by atoms with Crippen molar-refractivity contribution < 1.29 is 17.9 Å². The van der Waals surface area contributed by atoms with Crippen molar-refractivity contribution in [1.82, 2.24) is 9.29 Å². The minimum absolute atomic E-state index is 0.0111. The Balaban J connectivity index is 1.54. The molecular formula is C20H24N2O4S. The fourth-order valence-corrected chi connectivity index (χ4v) is 6.29. The molecule has 0 N–H and O–H groups in total. The van der Waals surface area contributed by atoms with Gasteiger partial charge in [0.05, 0.1) is 12.0 Å². The number of hydrogen-bond acceptors (Lipinski definition) is 5. The summed E-state index contributed by atoms with van der Waals surface area (Å²) >= 11 is 0. The lowest BCUT2D eigenvalue weighted by molar-refractivity contribution is 0.0956. The molecule has 2 atom stereocenters. The summed E-state index contributed by atoms with van der Waals surface area (Å²) in [5.74, 6) is 1.48. The van der Waals surface area contributed by atoms with E-state index in [1.807, 2.05) is 19.1 Å². The lowest BCUT2D eigenvalue weighted by Crippen LogP contribution is -2.49. The molecule has 2 aliphatic heterocycles. The quantitative estimate of drug-likeness (QED) is 0.787. The zero-order valence-electron chi connectivity index (χ0n) is 15.5. The average molecular weight is 388 g/mol. The molecule has 2 bridgehead atoms. The molecule has 0 amide bonds. The highest BCUT2D eigenvalue weighted by molar-refractivity contribution is 7.89. The molecule has 4 rings (SSSR count). The second-order valence-electron chi connectivity index (χ2n) is 7.25. The standard InChI is InChI=1S/C20H24N2O4S/c1-14-11-19(5-6-20(14)25-2)27(23,24)22-15-3-4-16(22)13-18(12-15)26-17-7-9-21-10-8-17/h5-11,15-16,18H,3-4,12-13H2,1-2H3. The molecular weight excluding hydrogens is 364 g/mol. The molecule has 1 aromatic heterocycles. The Kier molecular flexibility index (Phi) is 4.82. The van der Waals surface area contributed by atoms with Gasteiger partial charge in [-0.2, -0.15) is 4.31 Å². The van der Waals surface area contributed by atoms with E-state index in [1.165, 1.54) is 0 Å². The van der Waals surface area contributed by atoms with Gasteiger partial charge in [-0.3, -0.25) is 4.98 Å². The molecule has 7 heteroatoms. The fourth-order valence-electron chi connectivity index (χ4n) is 4.32. The lowest BCUT2D eigenvalue weighted by Gasteiger charge is -2.37. The van der Waals surface area contributed by atoms with E-state index in [0.29, 0.717) is 23.5 Å². The molecule has 2 fully saturated rings. The van der Waals surface area contributed by atoms with Crippen LogP contribution in [0.2, 0.25) is 0 Å². The van der Waals surface area contributed by atoms with Crippen molar-refractivity contribution >= 4 is 10.0 Å². The molecule has 0 radical (unpaired) electrons. The smallest absolute Gasteiger partial charge is 0.243 e. The molecule has 0 aliphatic carbocycles. The number of rotatable bonds is 5. The van der Waals surface area contributed by atoms with Crippen molar-refractivity contribution in [3.05, 3.63) is 48.3 Å². The van der Waals surface area contributed by atoms with E-state index in [0.717, 1.165) is 24.2 Å². The maximum Gasteiger partial charge on any atom is 0.243 e. The highest BCUT2D eigenvalue weighted by atomic mass is 32.2. The van der Waals surface area contributed by atoms with Crippen LogP contribution in [0.25, 0.3) is 0 Å². The molecule has 27 heavy (non-hydrogen) atoms. The molecule has 0 spiro atoms.